The van der Waals surface area contributed by atoms with E-state index >= 15 is 0 Å². The van der Waals surface area contributed by atoms with E-state index in [1.165, 1.54) is 16.7 Å². The molecule has 0 radical (unpaired) electrons. The second kappa shape index (κ2) is 8.15. The van der Waals surface area contributed by atoms with E-state index in [9.17, 15) is 13.6 Å². The summed E-state index contributed by atoms with van der Waals surface area (Å²) < 4.78 is 33.2. The molecular formula is C25H21F2N7O. The Labute approximate surface area is 198 Å². The lowest BCUT2D eigenvalue weighted by atomic mass is 10.0. The molecule has 1 aromatic carbocycles. The SMILES string of the molecule is Cn1ccc(-c2cnn(-c3cnn4ccc(N5CCCC5c5cc(F)ccc5F)nc34)c2)cc1=O. The third-order valence-corrected chi connectivity index (χ3v) is 6.47. The van der Waals surface area contributed by atoms with Gasteiger partial charge in [0.05, 0.1) is 18.4 Å². The van der Waals surface area contributed by atoms with E-state index < -0.39 is 11.6 Å². The molecule has 1 fully saturated rings. The lowest BCUT2D eigenvalue weighted by molar-refractivity contribution is 0.560. The molecule has 6 rings (SSSR count). The van der Waals surface area contributed by atoms with Crippen LogP contribution < -0.4 is 10.5 Å². The Bertz CT molecular complexity index is 1620. The van der Waals surface area contributed by atoms with Crippen molar-refractivity contribution in [1.29, 1.82) is 0 Å². The van der Waals surface area contributed by atoms with Gasteiger partial charge in [-0.3, -0.25) is 4.79 Å². The molecule has 1 aliphatic rings. The minimum absolute atomic E-state index is 0.104. The molecule has 4 aromatic heterocycles. The molecule has 1 atom stereocenters. The third-order valence-electron chi connectivity index (χ3n) is 6.47. The van der Waals surface area contributed by atoms with E-state index in [-0.39, 0.29) is 11.6 Å². The van der Waals surface area contributed by atoms with Crippen LogP contribution >= 0.6 is 0 Å². The fourth-order valence-electron chi connectivity index (χ4n) is 4.63. The Hall–Kier alpha value is -4.34. The number of hydrogen-bond donors (Lipinski definition) is 0. The highest BCUT2D eigenvalue weighted by Gasteiger charge is 2.30. The van der Waals surface area contributed by atoms with Gasteiger partial charge in [0.2, 0.25) is 0 Å². The Morgan fingerprint density at radius 1 is 1.00 bits per heavy atom. The number of benzene rings is 1. The lowest BCUT2D eigenvalue weighted by Gasteiger charge is -2.26. The molecule has 0 saturated carbocycles. The smallest absolute Gasteiger partial charge is 0.250 e. The Kier molecular flexibility index (Phi) is 4.94. The molecule has 0 bridgehead atoms. The molecule has 176 valence electrons. The molecule has 0 amide bonds. The van der Waals surface area contributed by atoms with Crippen LogP contribution in [0.5, 0.6) is 0 Å². The largest absolute Gasteiger partial charge is 0.349 e. The normalized spacial score (nSPS) is 15.9. The highest BCUT2D eigenvalue weighted by molar-refractivity contribution is 5.65. The zero-order valence-corrected chi connectivity index (χ0v) is 18.8. The minimum Gasteiger partial charge on any atom is -0.349 e. The lowest BCUT2D eigenvalue weighted by Crippen LogP contribution is -2.24. The van der Waals surface area contributed by atoms with Gasteiger partial charge in [-0.1, -0.05) is 0 Å². The molecule has 10 heteroatoms. The van der Waals surface area contributed by atoms with Gasteiger partial charge >= 0.3 is 0 Å². The molecule has 1 unspecified atom stereocenters. The van der Waals surface area contributed by atoms with Gasteiger partial charge < -0.3 is 9.47 Å². The van der Waals surface area contributed by atoms with Crippen molar-refractivity contribution in [3.8, 4) is 16.8 Å². The maximum Gasteiger partial charge on any atom is 0.250 e. The fraction of sp³-hybridized carbons (Fsp3) is 0.200. The van der Waals surface area contributed by atoms with Crippen LogP contribution in [0.4, 0.5) is 14.6 Å². The number of aryl methyl sites for hydroxylation is 1. The maximum atomic E-state index is 14.5. The van der Waals surface area contributed by atoms with Crippen LogP contribution in [0.3, 0.4) is 0 Å². The molecule has 0 N–H and O–H groups in total. The van der Waals surface area contributed by atoms with Crippen molar-refractivity contribution in [2.45, 2.75) is 18.9 Å². The standard InChI is InChI=1S/C25H21F2N7O/c1-31-9-6-16(11-24(31)35)17-13-28-34(15-17)22-14-29-33-10-7-23(30-25(22)33)32-8-2-3-21(32)19-12-18(26)4-5-20(19)27/h4-7,9-15,21H,2-3,8H2,1H3. The summed E-state index contributed by atoms with van der Waals surface area (Å²) in [6.07, 6.45) is 10.2. The topological polar surface area (TPSA) is 73.2 Å². The van der Waals surface area contributed by atoms with Gasteiger partial charge in [0.15, 0.2) is 5.65 Å². The number of aromatic nitrogens is 6. The van der Waals surface area contributed by atoms with Crippen molar-refractivity contribution in [3.63, 3.8) is 0 Å². The first-order valence-corrected chi connectivity index (χ1v) is 11.3. The molecule has 35 heavy (non-hydrogen) atoms. The van der Waals surface area contributed by atoms with Gasteiger partial charge in [0.25, 0.3) is 5.56 Å². The predicted molar refractivity (Wildman–Crippen MR) is 126 cm³/mol. The summed E-state index contributed by atoms with van der Waals surface area (Å²) in [4.78, 5) is 18.8. The van der Waals surface area contributed by atoms with Gasteiger partial charge in [-0.05, 0) is 48.7 Å². The van der Waals surface area contributed by atoms with Crippen molar-refractivity contribution < 1.29 is 8.78 Å². The van der Waals surface area contributed by atoms with Crippen LogP contribution in [0.25, 0.3) is 22.5 Å². The van der Waals surface area contributed by atoms with Crippen LogP contribution in [0, 0.1) is 11.6 Å². The van der Waals surface area contributed by atoms with Crippen LogP contribution in [0.1, 0.15) is 24.4 Å². The predicted octanol–water partition coefficient (Wildman–Crippen LogP) is 3.90. The summed E-state index contributed by atoms with van der Waals surface area (Å²) in [5.74, 6) is -0.223. The highest BCUT2D eigenvalue weighted by Crippen LogP contribution is 2.37. The summed E-state index contributed by atoms with van der Waals surface area (Å²) in [6, 6.07) is 8.51. The Morgan fingerprint density at radius 3 is 2.74 bits per heavy atom. The van der Waals surface area contributed by atoms with E-state index in [0.717, 1.165) is 23.6 Å². The summed E-state index contributed by atoms with van der Waals surface area (Å²) in [7, 11) is 1.70. The summed E-state index contributed by atoms with van der Waals surface area (Å²) in [6.45, 7) is 0.683. The average molecular weight is 473 g/mol. The first kappa shape index (κ1) is 21.2. The number of rotatable bonds is 4. The first-order valence-electron chi connectivity index (χ1n) is 11.3. The minimum atomic E-state index is -0.458. The number of hydrogen-bond acceptors (Lipinski definition) is 5. The molecule has 1 aliphatic heterocycles. The van der Waals surface area contributed by atoms with E-state index in [2.05, 4.69) is 10.2 Å². The van der Waals surface area contributed by atoms with E-state index in [1.807, 2.05) is 23.2 Å². The maximum absolute atomic E-state index is 14.5. The van der Waals surface area contributed by atoms with Gasteiger partial charge in [-0.25, -0.2) is 23.0 Å². The van der Waals surface area contributed by atoms with Crippen LogP contribution in [0.2, 0.25) is 0 Å². The number of pyridine rings is 1. The second-order valence-corrected chi connectivity index (χ2v) is 8.64. The molecule has 8 nitrogen and oxygen atoms in total. The Morgan fingerprint density at radius 2 is 1.89 bits per heavy atom. The number of nitrogens with zero attached hydrogens (tertiary/aromatic N) is 7. The van der Waals surface area contributed by atoms with Crippen LogP contribution in [-0.4, -0.2) is 35.5 Å². The monoisotopic (exact) mass is 473 g/mol. The van der Waals surface area contributed by atoms with E-state index in [4.69, 9.17) is 4.98 Å². The number of fused-ring (bicyclic) bond motifs is 1. The van der Waals surface area contributed by atoms with Gasteiger partial charge in [0, 0.05) is 49.4 Å². The van der Waals surface area contributed by atoms with Crippen LogP contribution in [0.15, 0.2) is 72.2 Å². The Balaban J connectivity index is 1.37. The molecule has 0 spiro atoms. The zero-order chi connectivity index (χ0) is 24.1. The van der Waals surface area contributed by atoms with Crippen molar-refractivity contribution in [3.05, 3.63) is 94.9 Å². The van der Waals surface area contributed by atoms with E-state index in [1.54, 1.807) is 47.1 Å². The van der Waals surface area contributed by atoms with E-state index in [0.29, 0.717) is 35.7 Å². The number of halogens is 2. The highest BCUT2D eigenvalue weighted by atomic mass is 19.1. The third kappa shape index (κ3) is 3.67. The van der Waals surface area contributed by atoms with Crippen LogP contribution in [-0.2, 0) is 7.05 Å². The van der Waals surface area contributed by atoms with Gasteiger partial charge in [0.1, 0.15) is 23.1 Å². The van der Waals surface area contributed by atoms with Gasteiger partial charge in [-0.2, -0.15) is 10.2 Å². The first-order chi connectivity index (χ1) is 17.0. The van der Waals surface area contributed by atoms with Gasteiger partial charge in [-0.15, -0.1) is 0 Å². The van der Waals surface area contributed by atoms with Crippen molar-refractivity contribution >= 4 is 11.5 Å². The molecule has 5 heterocycles. The number of anilines is 1. The fourth-order valence-corrected chi connectivity index (χ4v) is 4.63. The second-order valence-electron chi connectivity index (χ2n) is 8.64. The molecule has 0 aliphatic carbocycles. The average Bonchev–Trinajstić information content (AvgIpc) is 3.61. The van der Waals surface area contributed by atoms with Crippen molar-refractivity contribution in [2.24, 2.45) is 7.05 Å². The quantitative estimate of drug-likeness (QED) is 0.396. The van der Waals surface area contributed by atoms with Crippen molar-refractivity contribution in [1.82, 2.24) is 28.9 Å². The summed E-state index contributed by atoms with van der Waals surface area (Å²) in [5.41, 5.74) is 3.03. The summed E-state index contributed by atoms with van der Waals surface area (Å²) in [5, 5.41) is 8.84. The molecular weight excluding hydrogens is 452 g/mol. The summed E-state index contributed by atoms with van der Waals surface area (Å²) >= 11 is 0. The van der Waals surface area contributed by atoms with Crippen molar-refractivity contribution in [2.75, 3.05) is 11.4 Å². The zero-order valence-electron chi connectivity index (χ0n) is 18.8. The molecule has 1 saturated heterocycles. The molecule has 5 aromatic rings.